The van der Waals surface area contributed by atoms with Gasteiger partial charge in [0.1, 0.15) is 5.75 Å². The number of nitrogens with zero attached hydrogens (tertiary/aromatic N) is 1. The van der Waals surface area contributed by atoms with Gasteiger partial charge in [-0.3, -0.25) is 0 Å². The Morgan fingerprint density at radius 3 is 3.11 bits per heavy atom. The summed E-state index contributed by atoms with van der Waals surface area (Å²) in [6.07, 6.45) is 2.60. The number of fused-ring (bicyclic) bond motifs is 1. The molecule has 0 fully saturated rings. The molecular formula is C13H18IN3O. The van der Waals surface area contributed by atoms with Crippen molar-refractivity contribution in [3.05, 3.63) is 42.5 Å². The highest BCUT2D eigenvalue weighted by Crippen LogP contribution is 2.31. The smallest absolute Gasteiger partial charge is 0.189 e. The summed E-state index contributed by atoms with van der Waals surface area (Å²) in [5.74, 6) is 1.37. The normalized spacial score (nSPS) is 18.0. The lowest BCUT2D eigenvalue weighted by Crippen LogP contribution is -2.37. The number of rotatable bonds is 3. The summed E-state index contributed by atoms with van der Waals surface area (Å²) in [6.45, 7) is 4.83. The van der Waals surface area contributed by atoms with Crippen LogP contribution in [0.25, 0.3) is 0 Å². The molecule has 1 unspecified atom stereocenters. The van der Waals surface area contributed by atoms with Crippen LogP contribution in [0.4, 0.5) is 0 Å². The van der Waals surface area contributed by atoms with Crippen molar-refractivity contribution in [2.24, 2.45) is 10.7 Å². The number of guanidine groups is 1. The number of hydrogen-bond donors (Lipinski definition) is 2. The van der Waals surface area contributed by atoms with Crippen molar-refractivity contribution in [1.82, 2.24) is 5.32 Å². The summed E-state index contributed by atoms with van der Waals surface area (Å²) in [6, 6.07) is 8.16. The Bertz CT molecular complexity index is 434. The second kappa shape index (κ2) is 7.25. The van der Waals surface area contributed by atoms with E-state index in [1.54, 1.807) is 6.08 Å². The number of ether oxygens (including phenoxy) is 1. The van der Waals surface area contributed by atoms with E-state index < -0.39 is 0 Å². The average Bonchev–Trinajstić information content (AvgIpc) is 2.37. The molecule has 0 amide bonds. The first-order chi connectivity index (χ1) is 8.31. The first-order valence-corrected chi connectivity index (χ1v) is 5.70. The van der Waals surface area contributed by atoms with Crippen LogP contribution in [0.5, 0.6) is 5.75 Å². The quantitative estimate of drug-likeness (QED) is 0.377. The Hall–Kier alpha value is -1.24. The van der Waals surface area contributed by atoms with Gasteiger partial charge in [0.2, 0.25) is 0 Å². The van der Waals surface area contributed by atoms with Gasteiger partial charge in [-0.25, -0.2) is 4.99 Å². The molecule has 1 atom stereocenters. The fourth-order valence-corrected chi connectivity index (χ4v) is 1.88. The molecule has 0 saturated heterocycles. The van der Waals surface area contributed by atoms with Crippen molar-refractivity contribution in [1.29, 1.82) is 0 Å². The second-order valence-corrected chi connectivity index (χ2v) is 3.89. The first kappa shape index (κ1) is 14.8. The molecule has 1 heterocycles. The van der Waals surface area contributed by atoms with Crippen molar-refractivity contribution in [3.8, 4) is 5.75 Å². The van der Waals surface area contributed by atoms with Crippen molar-refractivity contribution in [2.75, 3.05) is 13.2 Å². The van der Waals surface area contributed by atoms with Gasteiger partial charge in [-0.2, -0.15) is 0 Å². The van der Waals surface area contributed by atoms with Gasteiger partial charge in [-0.1, -0.05) is 24.3 Å². The summed E-state index contributed by atoms with van der Waals surface area (Å²) >= 11 is 0. The van der Waals surface area contributed by atoms with E-state index in [1.165, 1.54) is 0 Å². The van der Waals surface area contributed by atoms with Crippen molar-refractivity contribution >= 4 is 29.9 Å². The molecule has 18 heavy (non-hydrogen) atoms. The molecule has 0 aromatic heterocycles. The minimum Gasteiger partial charge on any atom is -0.493 e. The topological polar surface area (TPSA) is 59.6 Å². The number of hydrogen-bond acceptors (Lipinski definition) is 2. The zero-order chi connectivity index (χ0) is 12.1. The van der Waals surface area contributed by atoms with Crippen molar-refractivity contribution < 1.29 is 4.74 Å². The van der Waals surface area contributed by atoms with E-state index in [0.717, 1.165) is 17.7 Å². The van der Waals surface area contributed by atoms with Crippen LogP contribution >= 0.6 is 24.0 Å². The Balaban J connectivity index is 0.00000162. The third kappa shape index (κ3) is 3.63. The molecule has 0 bridgehead atoms. The summed E-state index contributed by atoms with van der Waals surface area (Å²) in [5, 5.41) is 3.21. The van der Waals surface area contributed by atoms with Crippen LogP contribution in [0.2, 0.25) is 0 Å². The highest BCUT2D eigenvalue weighted by Gasteiger charge is 2.20. The number of benzene rings is 1. The first-order valence-electron chi connectivity index (χ1n) is 5.70. The van der Waals surface area contributed by atoms with Gasteiger partial charge in [-0.05, 0) is 6.07 Å². The minimum absolute atomic E-state index is 0. The Morgan fingerprint density at radius 2 is 2.33 bits per heavy atom. The standard InChI is InChI=1S/C13H17N3O.HI/c1-2-8-15-13(14)16-11-7-9-17-12-6-4-3-5-10(11)12;/h2-6,11H,1,7-9H2,(H3,14,15,16);1H. The fourth-order valence-electron chi connectivity index (χ4n) is 1.88. The van der Waals surface area contributed by atoms with E-state index in [-0.39, 0.29) is 30.0 Å². The number of aliphatic imine (C=N–C) groups is 1. The third-order valence-electron chi connectivity index (χ3n) is 2.67. The summed E-state index contributed by atoms with van der Waals surface area (Å²) in [4.78, 5) is 4.13. The molecule has 0 radical (unpaired) electrons. The Morgan fingerprint density at radius 1 is 1.56 bits per heavy atom. The van der Waals surface area contributed by atoms with Crippen LogP contribution in [-0.2, 0) is 0 Å². The number of nitrogens with one attached hydrogen (secondary N) is 1. The summed E-state index contributed by atoms with van der Waals surface area (Å²) in [7, 11) is 0. The number of para-hydroxylation sites is 1. The van der Waals surface area contributed by atoms with E-state index in [2.05, 4.69) is 16.9 Å². The lowest BCUT2D eigenvalue weighted by molar-refractivity contribution is 0.262. The SMILES string of the molecule is C=CCN=C(N)NC1CCOc2ccccc21.I. The van der Waals surface area contributed by atoms with Gasteiger partial charge < -0.3 is 15.8 Å². The lowest BCUT2D eigenvalue weighted by Gasteiger charge is -2.26. The maximum Gasteiger partial charge on any atom is 0.189 e. The highest BCUT2D eigenvalue weighted by atomic mass is 127. The molecule has 1 aromatic rings. The molecule has 98 valence electrons. The van der Waals surface area contributed by atoms with Gasteiger partial charge in [0.15, 0.2) is 5.96 Å². The van der Waals surface area contributed by atoms with Crippen LogP contribution in [0.1, 0.15) is 18.0 Å². The highest BCUT2D eigenvalue weighted by molar-refractivity contribution is 14.0. The summed E-state index contributed by atoms with van der Waals surface area (Å²) in [5.41, 5.74) is 6.93. The van der Waals surface area contributed by atoms with Crippen molar-refractivity contribution in [2.45, 2.75) is 12.5 Å². The van der Waals surface area contributed by atoms with Gasteiger partial charge in [-0.15, -0.1) is 30.6 Å². The molecule has 1 aliphatic heterocycles. The van der Waals surface area contributed by atoms with Gasteiger partial charge >= 0.3 is 0 Å². The molecule has 2 rings (SSSR count). The monoisotopic (exact) mass is 359 g/mol. The fraction of sp³-hybridized carbons (Fsp3) is 0.308. The van der Waals surface area contributed by atoms with Gasteiger partial charge in [0.25, 0.3) is 0 Å². The van der Waals surface area contributed by atoms with E-state index in [4.69, 9.17) is 10.5 Å². The molecule has 1 aromatic carbocycles. The average molecular weight is 359 g/mol. The van der Waals surface area contributed by atoms with Crippen LogP contribution in [0.3, 0.4) is 0 Å². The van der Waals surface area contributed by atoms with E-state index in [1.807, 2.05) is 24.3 Å². The maximum absolute atomic E-state index is 5.80. The lowest BCUT2D eigenvalue weighted by atomic mass is 10.0. The predicted molar refractivity (Wildman–Crippen MR) is 84.5 cm³/mol. The molecule has 4 nitrogen and oxygen atoms in total. The zero-order valence-corrected chi connectivity index (χ0v) is 12.5. The molecule has 0 saturated carbocycles. The second-order valence-electron chi connectivity index (χ2n) is 3.89. The minimum atomic E-state index is 0. The van der Waals surface area contributed by atoms with Crippen LogP contribution < -0.4 is 15.8 Å². The van der Waals surface area contributed by atoms with Crippen molar-refractivity contribution in [3.63, 3.8) is 0 Å². The van der Waals surface area contributed by atoms with Crippen LogP contribution in [0.15, 0.2) is 41.9 Å². The van der Waals surface area contributed by atoms with E-state index in [0.29, 0.717) is 19.1 Å². The van der Waals surface area contributed by atoms with Crippen LogP contribution in [0, 0.1) is 0 Å². The molecule has 1 aliphatic rings. The third-order valence-corrected chi connectivity index (χ3v) is 2.67. The van der Waals surface area contributed by atoms with E-state index in [9.17, 15) is 0 Å². The molecule has 3 N–H and O–H groups in total. The Labute approximate surface area is 124 Å². The Kier molecular flexibility index (Phi) is 5.97. The molecule has 0 spiro atoms. The van der Waals surface area contributed by atoms with Gasteiger partial charge in [0, 0.05) is 12.0 Å². The largest absolute Gasteiger partial charge is 0.493 e. The zero-order valence-electron chi connectivity index (χ0n) is 10.1. The summed E-state index contributed by atoms with van der Waals surface area (Å²) < 4.78 is 5.58. The molecular weight excluding hydrogens is 341 g/mol. The maximum atomic E-state index is 5.80. The number of halogens is 1. The van der Waals surface area contributed by atoms with Crippen LogP contribution in [-0.4, -0.2) is 19.1 Å². The number of nitrogens with two attached hydrogens (primary N) is 1. The predicted octanol–water partition coefficient (Wildman–Crippen LogP) is 2.22. The molecule has 0 aliphatic carbocycles. The molecule has 5 heteroatoms. The van der Waals surface area contributed by atoms with E-state index >= 15 is 0 Å². The van der Waals surface area contributed by atoms with Gasteiger partial charge in [0.05, 0.1) is 19.2 Å².